The van der Waals surface area contributed by atoms with Crippen molar-refractivity contribution in [1.29, 1.82) is 0 Å². The molecule has 0 amide bonds. The van der Waals surface area contributed by atoms with Crippen LogP contribution in [0.15, 0.2) is 0 Å². The van der Waals surface area contributed by atoms with Crippen LogP contribution in [-0.4, -0.2) is 17.2 Å². The average molecular weight is 247 g/mol. The summed E-state index contributed by atoms with van der Waals surface area (Å²) in [5, 5.41) is 0. The van der Waals surface area contributed by atoms with E-state index < -0.39 is 11.6 Å². The lowest BCUT2D eigenvalue weighted by Gasteiger charge is -2.55. The largest absolute Gasteiger partial charge is 0.456 e. The Morgan fingerprint density at radius 2 is 1.62 bits per heavy atom. The molecule has 0 aromatic rings. The van der Waals surface area contributed by atoms with E-state index in [1.54, 1.807) is 0 Å². The number of carbonyl (C=O) groups is 1. The molecule has 4 bridgehead atoms. The quantitative estimate of drug-likeness (QED) is 0.553. The Kier molecular flexibility index (Phi) is 2.43. The number of esters is 1. The van der Waals surface area contributed by atoms with Gasteiger partial charge in [-0.2, -0.15) is 0 Å². The monoisotopic (exact) mass is 246 g/mol. The summed E-state index contributed by atoms with van der Waals surface area (Å²) >= 11 is 5.13. The predicted molar refractivity (Wildman–Crippen MR) is 57.7 cm³/mol. The van der Waals surface area contributed by atoms with Gasteiger partial charge in [-0.05, 0) is 56.3 Å². The topological polar surface area (TPSA) is 26.3 Å². The molecule has 0 heterocycles. The Morgan fingerprint density at radius 1 is 1.19 bits per heavy atom. The molecule has 4 aliphatic carbocycles. The molecular formula is C12H16ClFO2. The van der Waals surface area contributed by atoms with E-state index in [1.807, 2.05) is 0 Å². The van der Waals surface area contributed by atoms with Gasteiger partial charge >= 0.3 is 5.97 Å². The van der Waals surface area contributed by atoms with E-state index in [1.165, 1.54) is 19.3 Å². The zero-order valence-corrected chi connectivity index (χ0v) is 9.88. The third kappa shape index (κ3) is 1.73. The van der Waals surface area contributed by atoms with E-state index in [0.717, 1.165) is 19.3 Å². The molecule has 1 atom stereocenters. The van der Waals surface area contributed by atoms with Crippen LogP contribution in [0.3, 0.4) is 0 Å². The maximum atomic E-state index is 12.7. The van der Waals surface area contributed by atoms with Crippen LogP contribution in [0.4, 0.5) is 4.39 Å². The third-order valence-electron chi connectivity index (χ3n) is 4.48. The molecule has 90 valence electrons. The van der Waals surface area contributed by atoms with Gasteiger partial charge in [0.25, 0.3) is 5.63 Å². The first kappa shape index (κ1) is 10.8. The molecule has 4 saturated carbocycles. The number of hydrogen-bond donors (Lipinski definition) is 0. The van der Waals surface area contributed by atoms with Gasteiger partial charge in [-0.15, -0.1) is 0 Å². The lowest BCUT2D eigenvalue weighted by Crippen LogP contribution is -2.53. The van der Waals surface area contributed by atoms with Crippen LogP contribution >= 0.6 is 11.6 Å². The Balaban J connectivity index is 1.76. The van der Waals surface area contributed by atoms with E-state index in [2.05, 4.69) is 0 Å². The molecule has 1 unspecified atom stereocenters. The highest BCUT2D eigenvalue weighted by Gasteiger charge is 2.53. The number of ether oxygens (including phenoxy) is 1. The van der Waals surface area contributed by atoms with E-state index in [4.69, 9.17) is 16.3 Å². The van der Waals surface area contributed by atoms with Crippen LogP contribution in [0, 0.1) is 17.8 Å². The van der Waals surface area contributed by atoms with Crippen LogP contribution in [0.1, 0.15) is 38.5 Å². The van der Waals surface area contributed by atoms with Gasteiger partial charge < -0.3 is 4.74 Å². The molecule has 0 aliphatic heterocycles. The van der Waals surface area contributed by atoms with Gasteiger partial charge in [-0.3, -0.25) is 0 Å². The third-order valence-corrected chi connectivity index (χ3v) is 4.66. The van der Waals surface area contributed by atoms with Crippen LogP contribution in [-0.2, 0) is 9.53 Å². The first-order valence-corrected chi connectivity index (χ1v) is 6.51. The second kappa shape index (κ2) is 3.59. The summed E-state index contributed by atoms with van der Waals surface area (Å²) in [4.78, 5) is 11.3. The van der Waals surface area contributed by atoms with Gasteiger partial charge in [-0.25, -0.2) is 9.18 Å². The minimum atomic E-state index is -2.01. The highest BCUT2D eigenvalue weighted by Crippen LogP contribution is 2.57. The molecule has 0 N–H and O–H groups in total. The standard InChI is InChI=1S/C12H16ClFO2/c13-10(14)11(15)16-12-4-7-1-8(5-12)3-9(2-7)6-12/h7-10H,1-6H2. The molecule has 0 aromatic heterocycles. The van der Waals surface area contributed by atoms with Gasteiger partial charge in [0.2, 0.25) is 0 Å². The Morgan fingerprint density at radius 3 is 2.00 bits per heavy atom. The van der Waals surface area contributed by atoms with Gasteiger partial charge in [0.15, 0.2) is 0 Å². The second-order valence-electron chi connectivity index (χ2n) is 5.82. The smallest absolute Gasteiger partial charge is 0.357 e. The predicted octanol–water partition coefficient (Wildman–Crippen LogP) is 3.03. The minimum absolute atomic E-state index is 0.370. The number of carbonyl (C=O) groups excluding carboxylic acids is 1. The summed E-state index contributed by atoms with van der Waals surface area (Å²) in [5.41, 5.74) is -2.38. The van der Waals surface area contributed by atoms with E-state index in [-0.39, 0.29) is 5.60 Å². The van der Waals surface area contributed by atoms with Crippen LogP contribution in [0.2, 0.25) is 0 Å². The van der Waals surface area contributed by atoms with E-state index in [0.29, 0.717) is 17.8 Å². The molecule has 0 saturated heterocycles. The number of rotatable bonds is 2. The molecule has 2 nitrogen and oxygen atoms in total. The summed E-state index contributed by atoms with van der Waals surface area (Å²) in [6, 6.07) is 0. The van der Waals surface area contributed by atoms with Crippen molar-refractivity contribution >= 4 is 17.6 Å². The van der Waals surface area contributed by atoms with Crippen LogP contribution in [0.25, 0.3) is 0 Å². The Hall–Kier alpha value is -0.310. The molecule has 0 spiro atoms. The van der Waals surface area contributed by atoms with Crippen molar-refractivity contribution in [3.63, 3.8) is 0 Å². The summed E-state index contributed by atoms with van der Waals surface area (Å²) in [5.74, 6) is 1.18. The molecule has 0 aromatic carbocycles. The molecular weight excluding hydrogens is 231 g/mol. The summed E-state index contributed by atoms with van der Waals surface area (Å²) < 4.78 is 18.0. The number of halogens is 2. The van der Waals surface area contributed by atoms with E-state index in [9.17, 15) is 9.18 Å². The maximum Gasteiger partial charge on any atom is 0.357 e. The fraction of sp³-hybridized carbons (Fsp3) is 0.917. The lowest BCUT2D eigenvalue weighted by molar-refractivity contribution is -0.188. The minimum Gasteiger partial charge on any atom is -0.456 e. The van der Waals surface area contributed by atoms with Crippen molar-refractivity contribution in [1.82, 2.24) is 0 Å². The van der Waals surface area contributed by atoms with Crippen molar-refractivity contribution < 1.29 is 13.9 Å². The van der Waals surface area contributed by atoms with Crippen molar-refractivity contribution in [2.75, 3.05) is 0 Å². The molecule has 4 fully saturated rings. The van der Waals surface area contributed by atoms with Crippen molar-refractivity contribution in [2.45, 2.75) is 49.8 Å². The molecule has 0 radical (unpaired) electrons. The fourth-order valence-corrected chi connectivity index (χ4v) is 4.46. The molecule has 4 aliphatic rings. The second-order valence-corrected chi connectivity index (χ2v) is 6.21. The van der Waals surface area contributed by atoms with Crippen LogP contribution < -0.4 is 0 Å². The average Bonchev–Trinajstić information content (AvgIpc) is 2.13. The van der Waals surface area contributed by atoms with Crippen LogP contribution in [0.5, 0.6) is 0 Å². The highest BCUT2D eigenvalue weighted by molar-refractivity contribution is 6.28. The Labute approximate surface area is 99.5 Å². The molecule has 4 rings (SSSR count). The van der Waals surface area contributed by atoms with Crippen molar-refractivity contribution in [2.24, 2.45) is 17.8 Å². The number of hydrogen-bond acceptors (Lipinski definition) is 2. The summed E-state index contributed by atoms with van der Waals surface area (Å²) in [7, 11) is 0. The summed E-state index contributed by atoms with van der Waals surface area (Å²) in [6.45, 7) is 0. The molecule has 16 heavy (non-hydrogen) atoms. The zero-order valence-electron chi connectivity index (χ0n) is 9.12. The first-order valence-electron chi connectivity index (χ1n) is 6.07. The van der Waals surface area contributed by atoms with Gasteiger partial charge in [0.1, 0.15) is 5.60 Å². The van der Waals surface area contributed by atoms with Gasteiger partial charge in [-0.1, -0.05) is 11.6 Å². The SMILES string of the molecule is O=C(OC12CC3CC(CC(C3)C1)C2)C(F)Cl. The van der Waals surface area contributed by atoms with Gasteiger partial charge in [0, 0.05) is 0 Å². The van der Waals surface area contributed by atoms with Crippen molar-refractivity contribution in [3.05, 3.63) is 0 Å². The Bertz CT molecular complexity index is 281. The lowest BCUT2D eigenvalue weighted by atomic mass is 9.54. The zero-order chi connectivity index (χ0) is 11.3. The number of alkyl halides is 2. The molecule has 4 heteroatoms. The highest BCUT2D eigenvalue weighted by atomic mass is 35.5. The first-order chi connectivity index (χ1) is 7.56. The van der Waals surface area contributed by atoms with Crippen molar-refractivity contribution in [3.8, 4) is 0 Å². The summed E-state index contributed by atoms with van der Waals surface area (Å²) in [6.07, 6.45) is 6.60. The fourth-order valence-electron chi connectivity index (χ4n) is 4.41. The van der Waals surface area contributed by atoms with E-state index >= 15 is 0 Å². The maximum absolute atomic E-state index is 12.7. The normalized spacial score (nSPS) is 46.8. The van der Waals surface area contributed by atoms with Gasteiger partial charge in [0.05, 0.1) is 0 Å².